The van der Waals surface area contributed by atoms with E-state index in [9.17, 15) is 4.79 Å². The number of thiazole rings is 1. The summed E-state index contributed by atoms with van der Waals surface area (Å²) >= 11 is 1.18. The zero-order chi connectivity index (χ0) is 10.8. The maximum atomic E-state index is 11.0. The van der Waals surface area contributed by atoms with Gasteiger partial charge in [0.1, 0.15) is 4.88 Å². The number of hydrogen-bond acceptors (Lipinski definition) is 4. The van der Waals surface area contributed by atoms with Crippen LogP contribution in [0.1, 0.15) is 14.7 Å². The second-order valence-corrected chi connectivity index (χ2v) is 4.16. The van der Waals surface area contributed by atoms with Crippen molar-refractivity contribution in [1.29, 1.82) is 0 Å². The molecule has 0 aliphatic heterocycles. The van der Waals surface area contributed by atoms with Gasteiger partial charge in [-0.15, -0.1) is 11.3 Å². The van der Waals surface area contributed by atoms with Crippen LogP contribution in [0.5, 0.6) is 0 Å². The second kappa shape index (κ2) is 3.78. The lowest BCUT2D eigenvalue weighted by atomic mass is 10.2. The largest absolute Gasteiger partial charge is 0.477 e. The third-order valence-electron chi connectivity index (χ3n) is 1.86. The SMILES string of the molecule is Cc1nc(-c2cccnc2)c(C(=O)O)s1. The summed E-state index contributed by atoms with van der Waals surface area (Å²) in [6.07, 6.45) is 3.25. The number of nitrogens with zero attached hydrogens (tertiary/aromatic N) is 2. The Balaban J connectivity index is 2.58. The van der Waals surface area contributed by atoms with Crippen LogP contribution in [0.2, 0.25) is 0 Å². The maximum absolute atomic E-state index is 11.0. The number of carboxylic acid groups (broad SMARTS) is 1. The molecule has 1 N–H and O–H groups in total. The molecule has 2 aromatic heterocycles. The van der Waals surface area contributed by atoms with Crippen molar-refractivity contribution in [3.63, 3.8) is 0 Å². The van der Waals surface area contributed by atoms with Crippen molar-refractivity contribution >= 4 is 17.3 Å². The first-order valence-electron chi connectivity index (χ1n) is 4.29. The highest BCUT2D eigenvalue weighted by molar-refractivity contribution is 7.14. The van der Waals surface area contributed by atoms with Crippen molar-refractivity contribution in [2.75, 3.05) is 0 Å². The Morgan fingerprint density at radius 2 is 2.33 bits per heavy atom. The van der Waals surface area contributed by atoms with Crippen molar-refractivity contribution < 1.29 is 9.90 Å². The molecule has 0 amide bonds. The van der Waals surface area contributed by atoms with E-state index >= 15 is 0 Å². The van der Waals surface area contributed by atoms with Crippen molar-refractivity contribution in [1.82, 2.24) is 9.97 Å². The number of carbonyl (C=O) groups is 1. The van der Waals surface area contributed by atoms with Crippen molar-refractivity contribution in [2.24, 2.45) is 0 Å². The van der Waals surface area contributed by atoms with E-state index in [2.05, 4.69) is 9.97 Å². The van der Waals surface area contributed by atoms with Crippen LogP contribution in [0.15, 0.2) is 24.5 Å². The molecule has 0 unspecified atom stereocenters. The molecule has 2 rings (SSSR count). The van der Waals surface area contributed by atoms with Gasteiger partial charge in [-0.1, -0.05) is 0 Å². The molecule has 0 atom stereocenters. The fraction of sp³-hybridized carbons (Fsp3) is 0.100. The van der Waals surface area contributed by atoms with Crippen LogP contribution in [0.4, 0.5) is 0 Å². The van der Waals surface area contributed by atoms with E-state index in [1.807, 2.05) is 0 Å². The summed E-state index contributed by atoms with van der Waals surface area (Å²) in [6, 6.07) is 3.56. The highest BCUT2D eigenvalue weighted by Gasteiger charge is 2.16. The Labute approximate surface area is 90.3 Å². The first kappa shape index (κ1) is 9.79. The van der Waals surface area contributed by atoms with Gasteiger partial charge in [-0.25, -0.2) is 9.78 Å². The van der Waals surface area contributed by atoms with Gasteiger partial charge >= 0.3 is 5.97 Å². The van der Waals surface area contributed by atoms with E-state index in [4.69, 9.17) is 5.11 Å². The quantitative estimate of drug-likeness (QED) is 0.842. The van der Waals surface area contributed by atoms with Crippen LogP contribution in [-0.2, 0) is 0 Å². The summed E-state index contributed by atoms with van der Waals surface area (Å²) < 4.78 is 0. The highest BCUT2D eigenvalue weighted by Crippen LogP contribution is 2.27. The zero-order valence-electron chi connectivity index (χ0n) is 7.97. The zero-order valence-corrected chi connectivity index (χ0v) is 8.78. The third kappa shape index (κ3) is 1.87. The molecule has 0 aliphatic rings. The van der Waals surface area contributed by atoms with Gasteiger partial charge in [0.05, 0.1) is 10.7 Å². The molecule has 76 valence electrons. The van der Waals surface area contributed by atoms with E-state index in [0.29, 0.717) is 5.69 Å². The fourth-order valence-electron chi connectivity index (χ4n) is 1.27. The van der Waals surface area contributed by atoms with E-state index in [-0.39, 0.29) is 4.88 Å². The lowest BCUT2D eigenvalue weighted by Crippen LogP contribution is -1.95. The van der Waals surface area contributed by atoms with Crippen LogP contribution in [-0.4, -0.2) is 21.0 Å². The smallest absolute Gasteiger partial charge is 0.348 e. The molecule has 5 heteroatoms. The minimum absolute atomic E-state index is 0.264. The molecule has 0 radical (unpaired) electrons. The molecule has 0 fully saturated rings. The standard InChI is InChI=1S/C10H8N2O2S/c1-6-12-8(9(15-6)10(13)14)7-3-2-4-11-5-7/h2-5H,1H3,(H,13,14). The predicted octanol–water partition coefficient (Wildman–Crippen LogP) is 2.21. The van der Waals surface area contributed by atoms with Gasteiger partial charge in [-0.3, -0.25) is 4.98 Å². The lowest BCUT2D eigenvalue weighted by molar-refractivity contribution is 0.0702. The Morgan fingerprint density at radius 1 is 1.53 bits per heavy atom. The number of hydrogen-bond donors (Lipinski definition) is 1. The van der Waals surface area contributed by atoms with Crippen LogP contribution in [0.3, 0.4) is 0 Å². The summed E-state index contributed by atoms with van der Waals surface area (Å²) in [6.45, 7) is 1.79. The predicted molar refractivity (Wildman–Crippen MR) is 57.0 cm³/mol. The number of pyridine rings is 1. The van der Waals surface area contributed by atoms with Crippen LogP contribution >= 0.6 is 11.3 Å². The van der Waals surface area contributed by atoms with Crippen molar-refractivity contribution in [3.8, 4) is 11.3 Å². The minimum Gasteiger partial charge on any atom is -0.477 e. The average molecular weight is 220 g/mol. The summed E-state index contributed by atoms with van der Waals surface area (Å²) in [5, 5.41) is 9.73. The average Bonchev–Trinajstić information content (AvgIpc) is 2.62. The molecule has 0 spiro atoms. The summed E-state index contributed by atoms with van der Waals surface area (Å²) in [5.41, 5.74) is 1.23. The van der Waals surface area contributed by atoms with Gasteiger partial charge in [0.25, 0.3) is 0 Å². The Kier molecular flexibility index (Phi) is 2.47. The maximum Gasteiger partial charge on any atom is 0.348 e. The van der Waals surface area contributed by atoms with Gasteiger partial charge in [-0.2, -0.15) is 0 Å². The van der Waals surface area contributed by atoms with E-state index in [0.717, 1.165) is 10.6 Å². The number of aromatic nitrogens is 2. The Bertz CT molecular complexity index is 493. The lowest BCUT2D eigenvalue weighted by Gasteiger charge is -1.96. The van der Waals surface area contributed by atoms with Crippen LogP contribution in [0, 0.1) is 6.92 Å². The summed E-state index contributed by atoms with van der Waals surface area (Å²) in [5.74, 6) is -0.945. The fourth-order valence-corrected chi connectivity index (χ4v) is 2.05. The molecule has 0 aliphatic carbocycles. The second-order valence-electron chi connectivity index (χ2n) is 2.96. The molecule has 0 saturated heterocycles. The number of carboxylic acids is 1. The molecule has 0 saturated carbocycles. The molecular weight excluding hydrogens is 212 g/mol. The topological polar surface area (TPSA) is 63.1 Å². The minimum atomic E-state index is -0.945. The van der Waals surface area contributed by atoms with Crippen molar-refractivity contribution in [3.05, 3.63) is 34.4 Å². The van der Waals surface area contributed by atoms with Gasteiger partial charge in [0, 0.05) is 18.0 Å². The van der Waals surface area contributed by atoms with E-state index < -0.39 is 5.97 Å². The number of rotatable bonds is 2. The molecule has 4 nitrogen and oxygen atoms in total. The van der Waals surface area contributed by atoms with E-state index in [1.54, 1.807) is 31.5 Å². The molecule has 2 heterocycles. The normalized spacial score (nSPS) is 10.2. The van der Waals surface area contributed by atoms with Crippen LogP contribution < -0.4 is 0 Å². The van der Waals surface area contributed by atoms with Gasteiger partial charge < -0.3 is 5.11 Å². The molecule has 2 aromatic rings. The Hall–Kier alpha value is -1.75. The molecule has 0 bridgehead atoms. The molecule has 15 heavy (non-hydrogen) atoms. The van der Waals surface area contributed by atoms with Crippen LogP contribution in [0.25, 0.3) is 11.3 Å². The van der Waals surface area contributed by atoms with Crippen molar-refractivity contribution in [2.45, 2.75) is 6.92 Å². The summed E-state index contributed by atoms with van der Waals surface area (Å²) in [4.78, 5) is 19.4. The number of aromatic carboxylic acids is 1. The van der Waals surface area contributed by atoms with E-state index in [1.165, 1.54) is 11.3 Å². The number of aryl methyl sites for hydroxylation is 1. The monoisotopic (exact) mass is 220 g/mol. The van der Waals surface area contributed by atoms with Gasteiger partial charge in [0.2, 0.25) is 0 Å². The Morgan fingerprint density at radius 3 is 2.93 bits per heavy atom. The summed E-state index contributed by atoms with van der Waals surface area (Å²) in [7, 11) is 0. The highest BCUT2D eigenvalue weighted by atomic mass is 32.1. The van der Waals surface area contributed by atoms with Gasteiger partial charge in [-0.05, 0) is 19.1 Å². The molecular formula is C10H8N2O2S. The molecule has 0 aromatic carbocycles. The third-order valence-corrected chi connectivity index (χ3v) is 2.82. The van der Waals surface area contributed by atoms with Gasteiger partial charge in [0.15, 0.2) is 0 Å². The first-order chi connectivity index (χ1) is 7.18. The first-order valence-corrected chi connectivity index (χ1v) is 5.11.